The molecule has 0 unspecified atom stereocenters. The number of aryl methyl sites for hydroxylation is 2. The molecule has 104 valence electrons. The van der Waals surface area contributed by atoms with Crippen molar-refractivity contribution >= 4 is 23.9 Å². The first kappa shape index (κ1) is 14.4. The molecule has 0 aliphatic carbocycles. The van der Waals surface area contributed by atoms with Crippen LogP contribution in [0.4, 0.5) is 0 Å². The molecule has 4 nitrogen and oxygen atoms in total. The fraction of sp³-hybridized carbons (Fsp3) is 0.200. The van der Waals surface area contributed by atoms with Crippen LogP contribution in [0.1, 0.15) is 27.4 Å². The lowest BCUT2D eigenvalue weighted by molar-refractivity contribution is 0.0953. The molecule has 0 fully saturated rings. The zero-order valence-electron chi connectivity index (χ0n) is 11.6. The van der Waals surface area contributed by atoms with Gasteiger partial charge in [-0.05, 0) is 43.9 Å². The first-order valence-corrected chi connectivity index (χ1v) is 7.37. The van der Waals surface area contributed by atoms with Gasteiger partial charge in [-0.3, -0.25) is 4.79 Å². The number of nitrogens with one attached hydrogen (secondary N) is 1. The molecule has 2 rings (SSSR count). The number of nitrogens with zero attached hydrogens (tertiary/aromatic N) is 1. The molecule has 1 amide bonds. The Balaban J connectivity index is 1.98. The van der Waals surface area contributed by atoms with Gasteiger partial charge in [-0.1, -0.05) is 12.1 Å². The van der Waals surface area contributed by atoms with Gasteiger partial charge in [-0.2, -0.15) is 5.10 Å². The highest BCUT2D eigenvalue weighted by molar-refractivity contribution is 7.98. The molecule has 0 aliphatic heterocycles. The van der Waals surface area contributed by atoms with Crippen molar-refractivity contribution in [1.82, 2.24) is 5.43 Å². The number of hydrazone groups is 1. The predicted molar refractivity (Wildman–Crippen MR) is 81.5 cm³/mol. The fourth-order valence-electron chi connectivity index (χ4n) is 1.77. The summed E-state index contributed by atoms with van der Waals surface area (Å²) in [5.74, 6) is 1.04. The second-order valence-corrected chi connectivity index (χ2v) is 5.18. The maximum atomic E-state index is 11.9. The van der Waals surface area contributed by atoms with Crippen LogP contribution >= 0.6 is 11.8 Å². The first-order valence-electron chi connectivity index (χ1n) is 6.14. The van der Waals surface area contributed by atoms with E-state index in [1.165, 1.54) is 4.90 Å². The number of carbonyl (C=O) groups is 1. The van der Waals surface area contributed by atoms with E-state index in [2.05, 4.69) is 10.5 Å². The van der Waals surface area contributed by atoms with Gasteiger partial charge in [0.2, 0.25) is 0 Å². The van der Waals surface area contributed by atoms with Crippen molar-refractivity contribution in [3.63, 3.8) is 0 Å². The number of hydrogen-bond acceptors (Lipinski definition) is 4. The molecule has 5 heteroatoms. The van der Waals surface area contributed by atoms with Crippen molar-refractivity contribution in [3.8, 4) is 0 Å². The summed E-state index contributed by atoms with van der Waals surface area (Å²) < 4.78 is 5.31. The maximum absolute atomic E-state index is 11.9. The van der Waals surface area contributed by atoms with Crippen LogP contribution in [-0.4, -0.2) is 18.4 Å². The summed E-state index contributed by atoms with van der Waals surface area (Å²) in [6.45, 7) is 3.56. The number of hydrogen-bond donors (Lipinski definition) is 1. The largest absolute Gasteiger partial charge is 0.466 e. The fourth-order valence-corrected chi connectivity index (χ4v) is 2.18. The molecule has 1 N–H and O–H groups in total. The van der Waals surface area contributed by atoms with Gasteiger partial charge >= 0.3 is 0 Å². The molecule has 1 aromatic heterocycles. The lowest BCUT2D eigenvalue weighted by Crippen LogP contribution is -2.17. The third-order valence-corrected chi connectivity index (χ3v) is 3.52. The minimum absolute atomic E-state index is 0.267. The number of thioether (sulfide) groups is 1. The van der Waals surface area contributed by atoms with E-state index in [0.29, 0.717) is 17.1 Å². The summed E-state index contributed by atoms with van der Waals surface area (Å²) in [7, 11) is 0. The van der Waals surface area contributed by atoms with Crippen LogP contribution in [0.2, 0.25) is 0 Å². The molecular weight excluding hydrogens is 272 g/mol. The SMILES string of the molecule is CSc1ccc(/C=N/NC(=O)c2cc(C)oc2C)cc1. The summed E-state index contributed by atoms with van der Waals surface area (Å²) in [6, 6.07) is 9.63. The minimum atomic E-state index is -0.267. The van der Waals surface area contributed by atoms with Gasteiger partial charge in [-0.25, -0.2) is 5.43 Å². The quantitative estimate of drug-likeness (QED) is 0.533. The van der Waals surface area contributed by atoms with Crippen molar-refractivity contribution in [3.05, 3.63) is 53.0 Å². The van der Waals surface area contributed by atoms with E-state index >= 15 is 0 Å². The Kier molecular flexibility index (Phi) is 4.63. The normalized spacial score (nSPS) is 10.9. The summed E-state index contributed by atoms with van der Waals surface area (Å²) >= 11 is 1.68. The smallest absolute Gasteiger partial charge is 0.274 e. The standard InChI is InChI=1S/C15H16N2O2S/c1-10-8-14(11(2)19-10)15(18)17-16-9-12-4-6-13(20-3)7-5-12/h4-9H,1-3H3,(H,17,18)/b16-9+. The van der Waals surface area contributed by atoms with Gasteiger partial charge in [0.05, 0.1) is 11.8 Å². The van der Waals surface area contributed by atoms with E-state index in [1.54, 1.807) is 37.9 Å². The van der Waals surface area contributed by atoms with Gasteiger partial charge in [0.1, 0.15) is 11.5 Å². The molecule has 2 aromatic rings. The summed E-state index contributed by atoms with van der Waals surface area (Å²) in [5.41, 5.74) is 3.94. The van der Waals surface area contributed by atoms with E-state index in [9.17, 15) is 4.79 Å². The van der Waals surface area contributed by atoms with E-state index < -0.39 is 0 Å². The van der Waals surface area contributed by atoms with Crippen LogP contribution in [0.5, 0.6) is 0 Å². The third-order valence-electron chi connectivity index (χ3n) is 2.78. The van der Waals surface area contributed by atoms with E-state index in [0.717, 1.165) is 5.56 Å². The number of rotatable bonds is 4. The monoisotopic (exact) mass is 288 g/mol. The summed E-state index contributed by atoms with van der Waals surface area (Å²) in [6.07, 6.45) is 3.64. The van der Waals surface area contributed by atoms with Crippen LogP contribution in [0, 0.1) is 13.8 Å². The second kappa shape index (κ2) is 6.43. The Morgan fingerprint density at radius 2 is 2.00 bits per heavy atom. The highest BCUT2D eigenvalue weighted by Crippen LogP contribution is 2.14. The molecule has 0 aliphatic rings. The molecule has 0 spiro atoms. The Labute approximate surface area is 122 Å². The van der Waals surface area contributed by atoms with Crippen LogP contribution in [0.15, 0.2) is 44.7 Å². The first-order chi connectivity index (χ1) is 9.60. The number of furan rings is 1. The lowest BCUT2D eigenvalue weighted by Gasteiger charge is -1.98. The van der Waals surface area contributed by atoms with Crippen LogP contribution in [-0.2, 0) is 0 Å². The number of carbonyl (C=O) groups excluding carboxylic acids is 1. The lowest BCUT2D eigenvalue weighted by atomic mass is 10.2. The minimum Gasteiger partial charge on any atom is -0.466 e. The van der Waals surface area contributed by atoms with Crippen molar-refractivity contribution in [1.29, 1.82) is 0 Å². The topological polar surface area (TPSA) is 54.6 Å². The van der Waals surface area contributed by atoms with Crippen molar-refractivity contribution in [2.24, 2.45) is 5.10 Å². The van der Waals surface area contributed by atoms with Gasteiger partial charge < -0.3 is 4.42 Å². The Hall–Kier alpha value is -2.01. The van der Waals surface area contributed by atoms with Crippen LogP contribution in [0.3, 0.4) is 0 Å². The Morgan fingerprint density at radius 3 is 2.55 bits per heavy atom. The van der Waals surface area contributed by atoms with Crippen molar-refractivity contribution in [2.45, 2.75) is 18.7 Å². The van der Waals surface area contributed by atoms with Crippen molar-refractivity contribution in [2.75, 3.05) is 6.26 Å². The molecule has 0 atom stereocenters. The molecule has 0 saturated heterocycles. The Morgan fingerprint density at radius 1 is 1.30 bits per heavy atom. The van der Waals surface area contributed by atoms with Gasteiger partial charge in [-0.15, -0.1) is 11.8 Å². The van der Waals surface area contributed by atoms with Crippen LogP contribution in [0.25, 0.3) is 0 Å². The summed E-state index contributed by atoms with van der Waals surface area (Å²) in [5, 5.41) is 3.95. The van der Waals surface area contributed by atoms with E-state index in [1.807, 2.05) is 30.5 Å². The number of benzene rings is 1. The van der Waals surface area contributed by atoms with Gasteiger partial charge in [0, 0.05) is 4.90 Å². The Bertz CT molecular complexity index is 630. The maximum Gasteiger partial charge on any atom is 0.274 e. The average molecular weight is 288 g/mol. The molecule has 0 saturated carbocycles. The third kappa shape index (κ3) is 3.51. The summed E-state index contributed by atoms with van der Waals surface area (Å²) in [4.78, 5) is 13.1. The van der Waals surface area contributed by atoms with E-state index in [4.69, 9.17) is 4.42 Å². The highest BCUT2D eigenvalue weighted by Gasteiger charge is 2.12. The molecule has 1 aromatic carbocycles. The second-order valence-electron chi connectivity index (χ2n) is 4.30. The highest BCUT2D eigenvalue weighted by atomic mass is 32.2. The molecule has 20 heavy (non-hydrogen) atoms. The van der Waals surface area contributed by atoms with Crippen molar-refractivity contribution < 1.29 is 9.21 Å². The molecule has 0 radical (unpaired) electrons. The average Bonchev–Trinajstić information content (AvgIpc) is 2.78. The molecule has 0 bridgehead atoms. The number of amides is 1. The van der Waals surface area contributed by atoms with Gasteiger partial charge in [0.25, 0.3) is 5.91 Å². The predicted octanol–water partition coefficient (Wildman–Crippen LogP) is 3.38. The molecule has 1 heterocycles. The van der Waals surface area contributed by atoms with Crippen LogP contribution < -0.4 is 5.43 Å². The van der Waals surface area contributed by atoms with E-state index in [-0.39, 0.29) is 5.91 Å². The molecular formula is C15H16N2O2S. The van der Waals surface area contributed by atoms with Gasteiger partial charge in [0.15, 0.2) is 0 Å². The zero-order chi connectivity index (χ0) is 14.5. The zero-order valence-corrected chi connectivity index (χ0v) is 12.5.